The SMILES string of the molecule is C[C@H]1Oc2nccnc2N(C)C(=O)[C@H]1NC(=O)c1nnc(Cc2ccccc2)o1. The molecule has 10 nitrogen and oxygen atoms in total. The van der Waals surface area contributed by atoms with Gasteiger partial charge in [0.2, 0.25) is 5.89 Å². The molecule has 2 aromatic heterocycles. The van der Waals surface area contributed by atoms with Crippen molar-refractivity contribution >= 4 is 17.6 Å². The first-order valence-electron chi connectivity index (χ1n) is 8.95. The van der Waals surface area contributed by atoms with Gasteiger partial charge in [0.1, 0.15) is 12.1 Å². The number of aromatic nitrogens is 4. The second-order valence-corrected chi connectivity index (χ2v) is 6.52. The van der Waals surface area contributed by atoms with Crippen LogP contribution in [0.3, 0.4) is 0 Å². The number of carbonyl (C=O) groups is 2. The number of fused-ring (bicyclic) bond motifs is 1. The normalized spacial score (nSPS) is 18.6. The number of nitrogens with zero attached hydrogens (tertiary/aromatic N) is 5. The van der Waals surface area contributed by atoms with E-state index >= 15 is 0 Å². The highest BCUT2D eigenvalue weighted by Gasteiger charge is 2.37. The predicted molar refractivity (Wildman–Crippen MR) is 100 cm³/mol. The van der Waals surface area contributed by atoms with E-state index in [2.05, 4.69) is 25.5 Å². The molecule has 0 radical (unpaired) electrons. The Kier molecular flexibility index (Phi) is 4.90. The first-order valence-corrected chi connectivity index (χ1v) is 8.95. The molecule has 3 heterocycles. The zero-order valence-electron chi connectivity index (χ0n) is 15.8. The molecule has 2 atom stereocenters. The average Bonchev–Trinajstić information content (AvgIpc) is 3.17. The van der Waals surface area contributed by atoms with Crippen LogP contribution in [0.2, 0.25) is 0 Å². The number of hydrogen-bond acceptors (Lipinski definition) is 8. The molecule has 4 rings (SSSR count). The quantitative estimate of drug-likeness (QED) is 0.695. The molecule has 0 fully saturated rings. The van der Waals surface area contributed by atoms with Crippen LogP contribution in [-0.4, -0.2) is 51.2 Å². The molecule has 2 amide bonds. The van der Waals surface area contributed by atoms with Gasteiger partial charge in [-0.1, -0.05) is 30.3 Å². The van der Waals surface area contributed by atoms with E-state index < -0.39 is 24.0 Å². The molecular weight excluding hydrogens is 376 g/mol. The topological polar surface area (TPSA) is 123 Å². The Morgan fingerprint density at radius 1 is 1.17 bits per heavy atom. The maximum atomic E-state index is 12.8. The zero-order valence-corrected chi connectivity index (χ0v) is 15.8. The molecule has 148 valence electrons. The van der Waals surface area contributed by atoms with Gasteiger partial charge in [-0.15, -0.1) is 10.2 Å². The van der Waals surface area contributed by atoms with Crippen LogP contribution in [0, 0.1) is 0 Å². The lowest BCUT2D eigenvalue weighted by Gasteiger charge is -2.22. The van der Waals surface area contributed by atoms with Gasteiger partial charge in [-0.05, 0) is 12.5 Å². The van der Waals surface area contributed by atoms with Crippen molar-refractivity contribution in [2.75, 3.05) is 11.9 Å². The van der Waals surface area contributed by atoms with Crippen molar-refractivity contribution in [2.45, 2.75) is 25.5 Å². The maximum absolute atomic E-state index is 12.8. The lowest BCUT2D eigenvalue weighted by molar-refractivity contribution is -0.121. The van der Waals surface area contributed by atoms with Crippen LogP contribution in [0.15, 0.2) is 47.1 Å². The van der Waals surface area contributed by atoms with Crippen molar-refractivity contribution in [1.29, 1.82) is 0 Å². The summed E-state index contributed by atoms with van der Waals surface area (Å²) in [5.41, 5.74) is 0.975. The summed E-state index contributed by atoms with van der Waals surface area (Å²) in [6, 6.07) is 8.57. The van der Waals surface area contributed by atoms with Crippen LogP contribution in [0.5, 0.6) is 5.88 Å². The van der Waals surface area contributed by atoms with Gasteiger partial charge in [0, 0.05) is 19.4 Å². The summed E-state index contributed by atoms with van der Waals surface area (Å²) in [5, 5.41) is 10.3. The van der Waals surface area contributed by atoms with Crippen LogP contribution in [0.1, 0.15) is 29.1 Å². The van der Waals surface area contributed by atoms with Gasteiger partial charge in [-0.25, -0.2) is 9.97 Å². The smallest absolute Gasteiger partial charge is 0.309 e. The van der Waals surface area contributed by atoms with Gasteiger partial charge in [-0.3, -0.25) is 14.5 Å². The molecule has 0 bridgehead atoms. The van der Waals surface area contributed by atoms with Crippen molar-refractivity contribution < 1.29 is 18.7 Å². The molecule has 1 aliphatic rings. The predicted octanol–water partition coefficient (Wildman–Crippen LogP) is 0.993. The van der Waals surface area contributed by atoms with E-state index in [1.165, 1.54) is 17.3 Å². The van der Waals surface area contributed by atoms with Crippen LogP contribution >= 0.6 is 0 Å². The van der Waals surface area contributed by atoms with Crippen LogP contribution < -0.4 is 15.0 Å². The van der Waals surface area contributed by atoms with Gasteiger partial charge in [0.05, 0.1) is 6.42 Å². The molecule has 29 heavy (non-hydrogen) atoms. The number of rotatable bonds is 4. The monoisotopic (exact) mass is 394 g/mol. The number of nitrogens with one attached hydrogen (secondary N) is 1. The van der Waals surface area contributed by atoms with Gasteiger partial charge in [0.15, 0.2) is 5.82 Å². The first-order chi connectivity index (χ1) is 14.0. The Hall–Kier alpha value is -3.82. The van der Waals surface area contributed by atoms with Crippen LogP contribution in [-0.2, 0) is 11.2 Å². The van der Waals surface area contributed by atoms with E-state index in [1.807, 2.05) is 30.3 Å². The Labute approximate surface area is 165 Å². The molecule has 0 spiro atoms. The number of ether oxygens (including phenoxy) is 1. The summed E-state index contributed by atoms with van der Waals surface area (Å²) in [5.74, 6) is -0.480. The fourth-order valence-electron chi connectivity index (χ4n) is 2.96. The van der Waals surface area contributed by atoms with E-state index in [4.69, 9.17) is 9.15 Å². The largest absolute Gasteiger partial charge is 0.469 e. The van der Waals surface area contributed by atoms with Gasteiger partial charge in [0.25, 0.3) is 11.8 Å². The summed E-state index contributed by atoms with van der Waals surface area (Å²) in [6.07, 6.45) is 2.65. The summed E-state index contributed by atoms with van der Waals surface area (Å²) in [6.45, 7) is 1.66. The third-order valence-corrected chi connectivity index (χ3v) is 4.47. The highest BCUT2D eigenvalue weighted by Crippen LogP contribution is 2.27. The van der Waals surface area contributed by atoms with Crippen molar-refractivity contribution in [1.82, 2.24) is 25.5 Å². The van der Waals surface area contributed by atoms with E-state index in [9.17, 15) is 9.59 Å². The second kappa shape index (κ2) is 7.66. The molecule has 0 aliphatic carbocycles. The minimum absolute atomic E-state index is 0.218. The van der Waals surface area contributed by atoms with Crippen molar-refractivity contribution in [3.8, 4) is 5.88 Å². The summed E-state index contributed by atoms with van der Waals surface area (Å²) >= 11 is 0. The van der Waals surface area contributed by atoms with Crippen LogP contribution in [0.4, 0.5) is 5.82 Å². The van der Waals surface area contributed by atoms with E-state index in [-0.39, 0.29) is 17.6 Å². The summed E-state index contributed by atoms with van der Waals surface area (Å²) < 4.78 is 11.2. The number of hydrogen-bond donors (Lipinski definition) is 1. The van der Waals surface area contributed by atoms with Crippen molar-refractivity contribution in [3.05, 3.63) is 60.1 Å². The minimum Gasteiger partial charge on any atom is -0.469 e. The summed E-state index contributed by atoms with van der Waals surface area (Å²) in [4.78, 5) is 34.9. The van der Waals surface area contributed by atoms with E-state index in [0.717, 1.165) is 5.56 Å². The van der Waals surface area contributed by atoms with Gasteiger partial charge >= 0.3 is 11.8 Å². The molecule has 1 aromatic carbocycles. The van der Waals surface area contributed by atoms with Crippen molar-refractivity contribution in [3.63, 3.8) is 0 Å². The third-order valence-electron chi connectivity index (χ3n) is 4.47. The Morgan fingerprint density at radius 3 is 2.72 bits per heavy atom. The maximum Gasteiger partial charge on any atom is 0.309 e. The highest BCUT2D eigenvalue weighted by atomic mass is 16.5. The number of benzene rings is 1. The van der Waals surface area contributed by atoms with Crippen molar-refractivity contribution in [2.24, 2.45) is 0 Å². The standard InChI is InChI=1S/C19H18N6O4/c1-11-14(19(27)25(2)15-17(28-11)21-9-8-20-15)22-16(26)18-24-23-13(29-18)10-12-6-4-3-5-7-12/h3-9,11,14H,10H2,1-2H3,(H,22,26)/t11-,14+/m1/s1. The highest BCUT2D eigenvalue weighted by molar-refractivity contribution is 6.01. The van der Waals surface area contributed by atoms with E-state index in [0.29, 0.717) is 12.3 Å². The third kappa shape index (κ3) is 3.77. The lowest BCUT2D eigenvalue weighted by Crippen LogP contribution is -2.53. The molecule has 3 aromatic rings. The molecule has 0 saturated heterocycles. The molecule has 0 saturated carbocycles. The molecule has 10 heteroatoms. The fraction of sp³-hybridized carbons (Fsp3) is 0.263. The average molecular weight is 394 g/mol. The summed E-state index contributed by atoms with van der Waals surface area (Å²) in [7, 11) is 1.54. The molecule has 1 aliphatic heterocycles. The Morgan fingerprint density at radius 2 is 1.93 bits per heavy atom. The lowest BCUT2D eigenvalue weighted by atomic mass is 10.1. The molecule has 0 unspecified atom stereocenters. The first kappa shape index (κ1) is 18.5. The zero-order chi connectivity index (χ0) is 20.4. The Balaban J connectivity index is 1.49. The number of likely N-dealkylation sites (N-methyl/N-ethyl adjacent to an activating group) is 1. The van der Waals surface area contributed by atoms with Crippen LogP contribution in [0.25, 0.3) is 0 Å². The molecule has 1 N–H and O–H groups in total. The number of amides is 2. The number of carbonyl (C=O) groups excluding carboxylic acids is 2. The second-order valence-electron chi connectivity index (χ2n) is 6.52. The van der Waals surface area contributed by atoms with E-state index in [1.54, 1.807) is 14.0 Å². The Bertz CT molecular complexity index is 1040. The molecular formula is C19H18N6O4. The minimum atomic E-state index is -0.979. The van der Waals surface area contributed by atoms with Gasteiger partial charge in [-0.2, -0.15) is 0 Å². The number of anilines is 1. The fourth-order valence-corrected chi connectivity index (χ4v) is 2.96. The van der Waals surface area contributed by atoms with Gasteiger partial charge < -0.3 is 14.5 Å².